The van der Waals surface area contributed by atoms with E-state index in [0.29, 0.717) is 6.42 Å². The van der Waals surface area contributed by atoms with Crippen molar-refractivity contribution in [2.45, 2.75) is 25.8 Å². The number of hydrogen-bond acceptors (Lipinski definition) is 3. The second-order valence-electron chi connectivity index (χ2n) is 5.46. The summed E-state index contributed by atoms with van der Waals surface area (Å²) >= 11 is 0. The van der Waals surface area contributed by atoms with Gasteiger partial charge in [-0.2, -0.15) is 0 Å². The van der Waals surface area contributed by atoms with Crippen molar-refractivity contribution in [1.29, 1.82) is 0 Å². The summed E-state index contributed by atoms with van der Waals surface area (Å²) in [7, 11) is 1.84. The molecule has 0 aromatic heterocycles. The maximum atomic E-state index is 11.8. The van der Waals surface area contributed by atoms with Gasteiger partial charge < -0.3 is 15.1 Å². The van der Waals surface area contributed by atoms with Crippen molar-refractivity contribution in [2.75, 3.05) is 30.4 Å². The molecule has 2 amide bonds. The fourth-order valence-corrected chi connectivity index (χ4v) is 3.12. The molecule has 1 aromatic carbocycles. The Morgan fingerprint density at radius 2 is 2.20 bits per heavy atom. The van der Waals surface area contributed by atoms with E-state index in [1.807, 2.05) is 19.2 Å². The first-order valence-electron chi connectivity index (χ1n) is 6.99. The molecular weight excluding hydrogens is 254 g/mol. The predicted molar refractivity (Wildman–Crippen MR) is 77.7 cm³/mol. The Kier molecular flexibility index (Phi) is 3.12. The predicted octanol–water partition coefficient (Wildman–Crippen LogP) is 1.76. The summed E-state index contributed by atoms with van der Waals surface area (Å²) < 4.78 is 0. The monoisotopic (exact) mass is 273 g/mol. The van der Waals surface area contributed by atoms with Gasteiger partial charge in [0.1, 0.15) is 0 Å². The topological polar surface area (TPSA) is 52.7 Å². The van der Waals surface area contributed by atoms with Gasteiger partial charge in [0.15, 0.2) is 0 Å². The highest BCUT2D eigenvalue weighted by Gasteiger charge is 2.32. The molecular formula is C15H19N3O2. The van der Waals surface area contributed by atoms with E-state index < -0.39 is 0 Å². The molecule has 0 spiro atoms. The Morgan fingerprint density at radius 3 is 2.95 bits per heavy atom. The largest absolute Gasteiger partial charge is 0.369 e. The van der Waals surface area contributed by atoms with Gasteiger partial charge in [0.25, 0.3) is 0 Å². The number of nitrogens with zero attached hydrogens (tertiary/aromatic N) is 2. The lowest BCUT2D eigenvalue weighted by Crippen LogP contribution is -2.38. The third kappa shape index (κ3) is 2.03. The Morgan fingerprint density at radius 1 is 1.40 bits per heavy atom. The lowest BCUT2D eigenvalue weighted by molar-refractivity contribution is -0.129. The van der Waals surface area contributed by atoms with Gasteiger partial charge in [-0.25, -0.2) is 0 Å². The van der Waals surface area contributed by atoms with Gasteiger partial charge >= 0.3 is 0 Å². The van der Waals surface area contributed by atoms with Crippen LogP contribution in [0.5, 0.6) is 0 Å². The van der Waals surface area contributed by atoms with E-state index in [2.05, 4.69) is 16.3 Å². The molecule has 1 N–H and O–H groups in total. The number of rotatable bonds is 1. The van der Waals surface area contributed by atoms with Crippen molar-refractivity contribution in [2.24, 2.45) is 0 Å². The minimum atomic E-state index is 0.0595. The van der Waals surface area contributed by atoms with E-state index in [1.165, 1.54) is 0 Å². The quantitative estimate of drug-likeness (QED) is 0.848. The summed E-state index contributed by atoms with van der Waals surface area (Å²) in [5.74, 6) is 0.128. The molecule has 5 heteroatoms. The van der Waals surface area contributed by atoms with Crippen molar-refractivity contribution < 1.29 is 9.59 Å². The molecule has 2 aliphatic heterocycles. The number of benzene rings is 1. The number of para-hydroxylation sites is 1. The molecule has 0 fully saturated rings. The van der Waals surface area contributed by atoms with E-state index in [9.17, 15) is 9.59 Å². The van der Waals surface area contributed by atoms with Crippen LogP contribution in [0.4, 0.5) is 11.4 Å². The summed E-state index contributed by atoms with van der Waals surface area (Å²) in [5, 5.41) is 2.97. The van der Waals surface area contributed by atoms with Gasteiger partial charge in [0.2, 0.25) is 11.8 Å². The minimum Gasteiger partial charge on any atom is -0.369 e. The van der Waals surface area contributed by atoms with Crippen molar-refractivity contribution in [3.8, 4) is 0 Å². The summed E-state index contributed by atoms with van der Waals surface area (Å²) in [5.41, 5.74) is 3.09. The zero-order valence-electron chi connectivity index (χ0n) is 11.8. The molecule has 2 aliphatic rings. The molecule has 106 valence electrons. The Labute approximate surface area is 118 Å². The molecule has 0 aliphatic carbocycles. The van der Waals surface area contributed by atoms with Crippen LogP contribution in [-0.4, -0.2) is 36.9 Å². The van der Waals surface area contributed by atoms with Crippen molar-refractivity contribution in [3.63, 3.8) is 0 Å². The maximum absolute atomic E-state index is 11.8. The third-order valence-corrected chi connectivity index (χ3v) is 4.26. The second kappa shape index (κ2) is 4.81. The first kappa shape index (κ1) is 13.0. The SMILES string of the molecule is CC(=O)N(C)C1CCN2CCC(=O)Nc3cccc1c32. The molecule has 5 nitrogen and oxygen atoms in total. The molecule has 2 heterocycles. The van der Waals surface area contributed by atoms with Gasteiger partial charge in [-0.05, 0) is 12.5 Å². The van der Waals surface area contributed by atoms with Crippen molar-refractivity contribution in [3.05, 3.63) is 23.8 Å². The Balaban J connectivity index is 2.08. The summed E-state index contributed by atoms with van der Waals surface area (Å²) in [6.45, 7) is 3.21. The zero-order valence-corrected chi connectivity index (χ0v) is 11.8. The standard InChI is InChI=1S/C15H19N3O2/c1-10(19)17(2)13-6-8-18-9-7-14(20)16-12-5-3-4-11(13)15(12)18/h3-5,13H,6-9H2,1-2H3,(H,16,20). The fraction of sp³-hybridized carbons (Fsp3) is 0.467. The van der Waals surface area contributed by atoms with E-state index in [4.69, 9.17) is 0 Å². The van der Waals surface area contributed by atoms with Gasteiger partial charge in [0, 0.05) is 39.0 Å². The van der Waals surface area contributed by atoms with Crippen LogP contribution in [0.1, 0.15) is 31.4 Å². The van der Waals surface area contributed by atoms with Crippen LogP contribution in [0.25, 0.3) is 0 Å². The normalized spacial score (nSPS) is 20.8. The highest BCUT2D eigenvalue weighted by atomic mass is 16.2. The van der Waals surface area contributed by atoms with Crippen LogP contribution in [0, 0.1) is 0 Å². The highest BCUT2D eigenvalue weighted by molar-refractivity contribution is 5.97. The number of nitrogens with one attached hydrogen (secondary N) is 1. The molecule has 1 unspecified atom stereocenters. The minimum absolute atomic E-state index is 0.0595. The van der Waals surface area contributed by atoms with Gasteiger partial charge in [0.05, 0.1) is 17.4 Å². The molecule has 1 atom stereocenters. The smallest absolute Gasteiger partial charge is 0.226 e. The number of hydrogen-bond donors (Lipinski definition) is 1. The molecule has 0 saturated heterocycles. The molecule has 0 radical (unpaired) electrons. The zero-order chi connectivity index (χ0) is 14.3. The molecule has 20 heavy (non-hydrogen) atoms. The molecule has 0 saturated carbocycles. The Bertz CT molecular complexity index is 570. The fourth-order valence-electron chi connectivity index (χ4n) is 3.12. The van der Waals surface area contributed by atoms with Crippen molar-refractivity contribution >= 4 is 23.2 Å². The summed E-state index contributed by atoms with van der Waals surface area (Å²) in [6.07, 6.45) is 1.42. The lowest BCUT2D eigenvalue weighted by Gasteiger charge is -2.39. The summed E-state index contributed by atoms with van der Waals surface area (Å²) in [6, 6.07) is 6.04. The molecule has 1 aromatic rings. The molecule has 0 bridgehead atoms. The van der Waals surface area contributed by atoms with Crippen LogP contribution in [0.2, 0.25) is 0 Å². The Hall–Kier alpha value is -2.04. The third-order valence-electron chi connectivity index (χ3n) is 4.26. The number of anilines is 2. The van der Waals surface area contributed by atoms with Crippen LogP contribution in [0.3, 0.4) is 0 Å². The van der Waals surface area contributed by atoms with E-state index in [0.717, 1.165) is 36.4 Å². The van der Waals surface area contributed by atoms with Gasteiger partial charge in [-0.3, -0.25) is 9.59 Å². The van der Waals surface area contributed by atoms with Gasteiger partial charge in [-0.15, -0.1) is 0 Å². The van der Waals surface area contributed by atoms with Crippen LogP contribution >= 0.6 is 0 Å². The first-order chi connectivity index (χ1) is 9.58. The number of carbonyl (C=O) groups is 2. The molecule has 3 rings (SSSR count). The van der Waals surface area contributed by atoms with E-state index in [-0.39, 0.29) is 17.9 Å². The first-order valence-corrected chi connectivity index (χ1v) is 6.99. The van der Waals surface area contributed by atoms with Crippen LogP contribution < -0.4 is 10.2 Å². The average Bonchev–Trinajstić information content (AvgIpc) is 2.59. The van der Waals surface area contributed by atoms with E-state index >= 15 is 0 Å². The maximum Gasteiger partial charge on any atom is 0.226 e. The number of amides is 2. The second-order valence-corrected chi connectivity index (χ2v) is 5.46. The van der Waals surface area contributed by atoms with Crippen molar-refractivity contribution in [1.82, 2.24) is 4.90 Å². The van der Waals surface area contributed by atoms with Crippen LogP contribution in [0.15, 0.2) is 18.2 Å². The van der Waals surface area contributed by atoms with E-state index in [1.54, 1.807) is 11.8 Å². The average molecular weight is 273 g/mol. The number of carbonyl (C=O) groups excluding carboxylic acids is 2. The van der Waals surface area contributed by atoms with Crippen LogP contribution in [-0.2, 0) is 9.59 Å². The summed E-state index contributed by atoms with van der Waals surface area (Å²) in [4.78, 5) is 27.5. The lowest BCUT2D eigenvalue weighted by atomic mass is 9.94. The van der Waals surface area contributed by atoms with Gasteiger partial charge in [-0.1, -0.05) is 12.1 Å². The highest BCUT2D eigenvalue weighted by Crippen LogP contribution is 2.42.